The molecular formula is C30H32F2N2O5S. The van der Waals surface area contributed by atoms with Crippen LogP contribution in [0.25, 0.3) is 0 Å². The Kier molecular flexibility index (Phi) is 7.60. The van der Waals surface area contributed by atoms with Gasteiger partial charge in [-0.05, 0) is 61.6 Å². The molecule has 3 aromatic carbocycles. The molecule has 0 unspecified atom stereocenters. The number of para-hydroxylation sites is 4. The highest BCUT2D eigenvalue weighted by molar-refractivity contribution is 7.89. The van der Waals surface area contributed by atoms with Crippen molar-refractivity contribution in [2.45, 2.75) is 62.3 Å². The van der Waals surface area contributed by atoms with E-state index in [0.717, 1.165) is 17.4 Å². The Labute approximate surface area is 233 Å². The smallest absolute Gasteiger partial charge is 0.422 e. The number of ether oxygens (including phenoxy) is 2. The molecule has 10 heteroatoms. The Bertz CT molecular complexity index is 1470. The summed E-state index contributed by atoms with van der Waals surface area (Å²) in [5, 5.41) is 11.5. The predicted molar refractivity (Wildman–Crippen MR) is 149 cm³/mol. The summed E-state index contributed by atoms with van der Waals surface area (Å²) < 4.78 is 69.3. The summed E-state index contributed by atoms with van der Waals surface area (Å²) in [6, 6.07) is 18.7. The molecule has 212 valence electrons. The maximum atomic E-state index is 14.5. The average molecular weight is 571 g/mol. The normalized spacial score (nSPS) is 20.9. The first kappa shape index (κ1) is 28.1. The number of hydrogen-bond acceptors (Lipinski definition) is 6. The minimum absolute atomic E-state index is 0.243. The van der Waals surface area contributed by atoms with E-state index in [1.54, 1.807) is 13.8 Å². The topological polar surface area (TPSA) is 88.1 Å². The standard InChI is InChI=1S/C30H32F2N2O5S/c1-19(2)20(3)30(31,32)39-21-10-8-11-22(18-21)40(36,37)33-23-12-9-15-26(29(23)35)34-24-13-4-6-16-27(24)38-28-17-7-5-14-25(28)34/h4-8,10-11,13-14,16-19,23,26,29,33,35H,3,9,12,15H2,1-2H3/t23-,26+,29+/m1/s1. The molecule has 1 aliphatic carbocycles. The Morgan fingerprint density at radius 3 is 2.30 bits per heavy atom. The average Bonchev–Trinajstić information content (AvgIpc) is 2.92. The van der Waals surface area contributed by atoms with Crippen molar-refractivity contribution in [3.8, 4) is 17.2 Å². The number of rotatable bonds is 8. The molecule has 3 aromatic rings. The van der Waals surface area contributed by atoms with E-state index in [2.05, 4.69) is 11.3 Å². The highest BCUT2D eigenvalue weighted by Crippen LogP contribution is 2.49. The Hall–Kier alpha value is -3.47. The van der Waals surface area contributed by atoms with Crippen LogP contribution in [0.2, 0.25) is 0 Å². The molecule has 7 nitrogen and oxygen atoms in total. The van der Waals surface area contributed by atoms with Gasteiger partial charge in [0.05, 0.1) is 34.5 Å². The van der Waals surface area contributed by atoms with E-state index >= 15 is 0 Å². The third kappa shape index (κ3) is 5.43. The number of nitrogens with zero attached hydrogens (tertiary/aromatic N) is 1. The van der Waals surface area contributed by atoms with E-state index in [4.69, 9.17) is 9.47 Å². The zero-order valence-electron chi connectivity index (χ0n) is 22.3. The molecular weight excluding hydrogens is 538 g/mol. The van der Waals surface area contributed by atoms with Gasteiger partial charge in [0.25, 0.3) is 0 Å². The predicted octanol–water partition coefficient (Wildman–Crippen LogP) is 6.37. The van der Waals surface area contributed by atoms with Crippen LogP contribution >= 0.6 is 0 Å². The highest BCUT2D eigenvalue weighted by atomic mass is 32.2. The van der Waals surface area contributed by atoms with Crippen LogP contribution in [0.5, 0.6) is 17.2 Å². The number of aliphatic hydroxyl groups is 1. The summed E-state index contributed by atoms with van der Waals surface area (Å²) in [6.07, 6.45) is -3.04. The van der Waals surface area contributed by atoms with Crippen molar-refractivity contribution in [2.24, 2.45) is 5.92 Å². The van der Waals surface area contributed by atoms with E-state index in [1.165, 1.54) is 18.2 Å². The number of nitrogens with one attached hydrogen (secondary N) is 1. The first-order valence-electron chi connectivity index (χ1n) is 13.2. The molecule has 1 saturated carbocycles. The lowest BCUT2D eigenvalue weighted by atomic mass is 9.86. The summed E-state index contributed by atoms with van der Waals surface area (Å²) in [5.74, 6) is 0.447. The maximum Gasteiger partial charge on any atom is 0.422 e. The fourth-order valence-corrected chi connectivity index (χ4v) is 6.50. The summed E-state index contributed by atoms with van der Waals surface area (Å²) in [6.45, 7) is 6.55. The van der Waals surface area contributed by atoms with Crippen molar-refractivity contribution in [3.63, 3.8) is 0 Å². The van der Waals surface area contributed by atoms with Crippen LogP contribution < -0.4 is 19.1 Å². The molecule has 0 spiro atoms. The molecule has 5 rings (SSSR count). The number of hydrogen-bond donors (Lipinski definition) is 2. The Balaban J connectivity index is 1.38. The molecule has 0 radical (unpaired) electrons. The van der Waals surface area contributed by atoms with Crippen molar-refractivity contribution < 1.29 is 31.8 Å². The second kappa shape index (κ2) is 10.8. The molecule has 2 aliphatic rings. The van der Waals surface area contributed by atoms with Crippen LogP contribution in [-0.4, -0.2) is 37.8 Å². The fourth-order valence-electron chi connectivity index (χ4n) is 5.18. The molecule has 1 fully saturated rings. The number of benzene rings is 3. The second-order valence-electron chi connectivity index (χ2n) is 10.4. The largest absolute Gasteiger partial charge is 0.453 e. The molecule has 2 N–H and O–H groups in total. The Morgan fingerprint density at radius 2 is 1.68 bits per heavy atom. The fraction of sp³-hybridized carbons (Fsp3) is 0.333. The summed E-state index contributed by atoms with van der Waals surface area (Å²) in [4.78, 5) is 1.77. The van der Waals surface area contributed by atoms with Crippen molar-refractivity contribution in [1.82, 2.24) is 4.72 Å². The Morgan fingerprint density at radius 1 is 1.05 bits per heavy atom. The number of aliphatic hydroxyl groups excluding tert-OH is 1. The van der Waals surface area contributed by atoms with Gasteiger partial charge in [-0.15, -0.1) is 0 Å². The van der Waals surface area contributed by atoms with Crippen molar-refractivity contribution in [2.75, 3.05) is 4.90 Å². The molecule has 1 heterocycles. The third-order valence-electron chi connectivity index (χ3n) is 7.36. The molecule has 3 atom stereocenters. The van der Waals surface area contributed by atoms with Crippen molar-refractivity contribution in [3.05, 3.63) is 84.9 Å². The number of sulfonamides is 1. The minimum Gasteiger partial charge on any atom is -0.453 e. The van der Waals surface area contributed by atoms with Gasteiger partial charge in [-0.2, -0.15) is 8.78 Å². The summed E-state index contributed by atoms with van der Waals surface area (Å²) >= 11 is 0. The third-order valence-corrected chi connectivity index (χ3v) is 8.85. The number of alkyl halides is 2. The van der Waals surface area contributed by atoms with Crippen LogP contribution in [-0.2, 0) is 10.0 Å². The zero-order valence-corrected chi connectivity index (χ0v) is 23.1. The minimum atomic E-state index is -4.18. The van der Waals surface area contributed by atoms with Gasteiger partial charge < -0.3 is 19.5 Å². The SMILES string of the molecule is C=C(C(C)C)C(F)(F)Oc1cccc(S(=O)(=O)N[C@@H]2CCC[C@H](N3c4ccccc4Oc4ccccc43)[C@H]2O)c1. The molecule has 0 saturated heterocycles. The molecule has 0 aromatic heterocycles. The highest BCUT2D eigenvalue weighted by Gasteiger charge is 2.41. The van der Waals surface area contributed by atoms with Crippen molar-refractivity contribution >= 4 is 21.4 Å². The van der Waals surface area contributed by atoms with Gasteiger partial charge in [0.2, 0.25) is 10.0 Å². The van der Waals surface area contributed by atoms with Crippen molar-refractivity contribution in [1.29, 1.82) is 0 Å². The van der Waals surface area contributed by atoms with Crippen LogP contribution in [0.15, 0.2) is 89.8 Å². The number of anilines is 2. The summed E-state index contributed by atoms with van der Waals surface area (Å²) in [7, 11) is -4.18. The maximum absolute atomic E-state index is 14.5. The van der Waals surface area contributed by atoms with Gasteiger partial charge in [-0.3, -0.25) is 0 Å². The van der Waals surface area contributed by atoms with Gasteiger partial charge in [0.15, 0.2) is 11.5 Å². The van der Waals surface area contributed by atoms with Crippen LogP contribution in [0.1, 0.15) is 33.1 Å². The van der Waals surface area contributed by atoms with E-state index in [1.807, 2.05) is 53.4 Å². The van der Waals surface area contributed by atoms with Crippen LogP contribution in [0.4, 0.5) is 20.2 Å². The molecule has 0 amide bonds. The summed E-state index contributed by atoms with van der Waals surface area (Å²) in [5.41, 5.74) is 1.14. The van der Waals surface area contributed by atoms with E-state index in [-0.39, 0.29) is 10.6 Å². The lowest BCUT2D eigenvalue weighted by molar-refractivity contribution is -0.146. The molecule has 1 aliphatic heterocycles. The van der Waals surface area contributed by atoms with E-state index in [9.17, 15) is 22.3 Å². The van der Waals surface area contributed by atoms with Gasteiger partial charge in [-0.25, -0.2) is 13.1 Å². The second-order valence-corrected chi connectivity index (χ2v) is 12.1. The molecule has 40 heavy (non-hydrogen) atoms. The zero-order chi connectivity index (χ0) is 28.7. The van der Waals surface area contributed by atoms with E-state index in [0.29, 0.717) is 30.8 Å². The number of halogens is 2. The lowest BCUT2D eigenvalue weighted by Gasteiger charge is -2.44. The number of fused-ring (bicyclic) bond motifs is 2. The van der Waals surface area contributed by atoms with Crippen LogP contribution in [0.3, 0.4) is 0 Å². The van der Waals surface area contributed by atoms with Gasteiger partial charge in [-0.1, -0.05) is 50.8 Å². The monoisotopic (exact) mass is 570 g/mol. The van der Waals surface area contributed by atoms with E-state index < -0.39 is 45.8 Å². The lowest BCUT2D eigenvalue weighted by Crippen LogP contribution is -2.56. The quantitative estimate of drug-likeness (QED) is 0.306. The first-order valence-corrected chi connectivity index (χ1v) is 14.7. The molecule has 0 bridgehead atoms. The van der Waals surface area contributed by atoms with Gasteiger partial charge >= 0.3 is 6.11 Å². The van der Waals surface area contributed by atoms with Gasteiger partial charge in [0.1, 0.15) is 5.75 Å². The van der Waals surface area contributed by atoms with Crippen LogP contribution in [0, 0.1) is 5.92 Å². The first-order chi connectivity index (χ1) is 19.0. The van der Waals surface area contributed by atoms with Gasteiger partial charge in [0, 0.05) is 11.6 Å².